The smallest absolute Gasteiger partial charge is 0.113 e. The Balaban J connectivity index is 1.85. The molecule has 0 amide bonds. The second kappa shape index (κ2) is 6.12. The highest BCUT2D eigenvalue weighted by molar-refractivity contribution is 7.12. The first-order chi connectivity index (χ1) is 9.77. The minimum atomic E-state index is 0.0713. The average Bonchev–Trinajstić information content (AvgIpc) is 3.00. The van der Waals surface area contributed by atoms with Crippen LogP contribution in [-0.2, 0) is 23.1 Å². The predicted molar refractivity (Wildman–Crippen MR) is 83.4 cm³/mol. The number of aryl methyl sites for hydroxylation is 2. The van der Waals surface area contributed by atoms with Crippen molar-refractivity contribution in [1.29, 1.82) is 0 Å². The first kappa shape index (κ1) is 14.5. The van der Waals surface area contributed by atoms with Gasteiger partial charge in [-0.1, -0.05) is 20.3 Å². The lowest BCUT2D eigenvalue weighted by Crippen LogP contribution is -2.49. The van der Waals surface area contributed by atoms with Crippen molar-refractivity contribution in [1.82, 2.24) is 10.3 Å². The molecule has 112 valence electrons. The molecule has 2 atom stereocenters. The summed E-state index contributed by atoms with van der Waals surface area (Å²) >= 11 is 1.96. The Bertz CT molecular complexity index is 432. The third-order valence-electron chi connectivity index (χ3n) is 4.59. The van der Waals surface area contributed by atoms with Crippen molar-refractivity contribution in [2.75, 3.05) is 13.2 Å². The van der Waals surface area contributed by atoms with E-state index in [4.69, 9.17) is 9.72 Å². The molecule has 1 aliphatic carbocycles. The van der Waals surface area contributed by atoms with E-state index in [1.54, 1.807) is 0 Å². The molecule has 1 aromatic heterocycles. The van der Waals surface area contributed by atoms with E-state index < -0.39 is 0 Å². The maximum absolute atomic E-state index is 5.96. The zero-order valence-corrected chi connectivity index (χ0v) is 13.5. The highest BCUT2D eigenvalue weighted by atomic mass is 32.1. The average molecular weight is 294 g/mol. The van der Waals surface area contributed by atoms with Crippen LogP contribution in [-0.4, -0.2) is 24.2 Å². The molecule has 2 unspecified atom stereocenters. The second-order valence-corrected chi connectivity index (χ2v) is 7.17. The van der Waals surface area contributed by atoms with Crippen LogP contribution in [0.15, 0.2) is 0 Å². The summed E-state index contributed by atoms with van der Waals surface area (Å²) in [6, 6.07) is 0. The number of ether oxygens (including phenoxy) is 1. The van der Waals surface area contributed by atoms with Gasteiger partial charge in [0.15, 0.2) is 0 Å². The van der Waals surface area contributed by atoms with Crippen molar-refractivity contribution in [3.05, 3.63) is 15.6 Å². The van der Waals surface area contributed by atoms with E-state index in [-0.39, 0.29) is 5.54 Å². The summed E-state index contributed by atoms with van der Waals surface area (Å²) in [6.45, 7) is 6.31. The minimum absolute atomic E-state index is 0.0713. The summed E-state index contributed by atoms with van der Waals surface area (Å²) in [7, 11) is 0. The molecule has 4 heteroatoms. The lowest BCUT2D eigenvalue weighted by molar-refractivity contribution is -0.0345. The topological polar surface area (TPSA) is 34.2 Å². The van der Waals surface area contributed by atoms with E-state index in [1.807, 2.05) is 11.3 Å². The summed E-state index contributed by atoms with van der Waals surface area (Å²) in [6.07, 6.45) is 8.62. The van der Waals surface area contributed by atoms with Crippen molar-refractivity contribution in [2.24, 2.45) is 0 Å². The molecule has 0 bridgehead atoms. The van der Waals surface area contributed by atoms with E-state index >= 15 is 0 Å². The Hall–Kier alpha value is -0.450. The highest BCUT2D eigenvalue weighted by Gasteiger charge is 2.40. The molecule has 3 nitrogen and oxygen atoms in total. The van der Waals surface area contributed by atoms with Crippen LogP contribution in [0, 0.1) is 0 Å². The van der Waals surface area contributed by atoms with Gasteiger partial charge >= 0.3 is 0 Å². The molecule has 0 saturated carbocycles. The van der Waals surface area contributed by atoms with Gasteiger partial charge in [0.25, 0.3) is 0 Å². The summed E-state index contributed by atoms with van der Waals surface area (Å²) in [4.78, 5) is 6.54. The Kier molecular flexibility index (Phi) is 4.43. The molecule has 0 spiro atoms. The lowest BCUT2D eigenvalue weighted by atomic mass is 9.85. The molecule has 0 radical (unpaired) electrons. The molecule has 1 aliphatic heterocycles. The Morgan fingerprint density at radius 1 is 1.40 bits per heavy atom. The standard InChI is InChI=1S/C16H26N2OS/c1-3-6-12-11-16(17-4-2,9-10-19-12)15-18-13-7-5-8-14(13)20-15/h12,17H,3-11H2,1-2H3. The Labute approximate surface area is 126 Å². The molecule has 3 rings (SSSR count). The minimum Gasteiger partial charge on any atom is -0.378 e. The zero-order chi connectivity index (χ0) is 14.0. The molecule has 1 fully saturated rings. The van der Waals surface area contributed by atoms with E-state index in [2.05, 4.69) is 19.2 Å². The van der Waals surface area contributed by atoms with E-state index in [0.29, 0.717) is 6.10 Å². The van der Waals surface area contributed by atoms with Crippen molar-refractivity contribution < 1.29 is 4.74 Å². The number of hydrogen-bond acceptors (Lipinski definition) is 4. The lowest BCUT2D eigenvalue weighted by Gasteiger charge is -2.40. The maximum atomic E-state index is 5.96. The highest BCUT2D eigenvalue weighted by Crippen LogP contribution is 2.40. The van der Waals surface area contributed by atoms with Crippen LogP contribution < -0.4 is 5.32 Å². The molecule has 1 saturated heterocycles. The van der Waals surface area contributed by atoms with Gasteiger partial charge in [-0.25, -0.2) is 4.98 Å². The maximum Gasteiger partial charge on any atom is 0.113 e. The van der Waals surface area contributed by atoms with Crippen LogP contribution >= 0.6 is 11.3 Å². The number of thiazole rings is 1. The number of hydrogen-bond donors (Lipinski definition) is 1. The fraction of sp³-hybridized carbons (Fsp3) is 0.812. The number of nitrogens with zero attached hydrogens (tertiary/aromatic N) is 1. The Morgan fingerprint density at radius 2 is 2.30 bits per heavy atom. The summed E-state index contributed by atoms with van der Waals surface area (Å²) in [5.74, 6) is 0. The van der Waals surface area contributed by atoms with Gasteiger partial charge in [-0.2, -0.15) is 0 Å². The van der Waals surface area contributed by atoms with Crippen LogP contribution in [0.3, 0.4) is 0 Å². The summed E-state index contributed by atoms with van der Waals surface area (Å²) in [5, 5.41) is 5.09. The van der Waals surface area contributed by atoms with Crippen LogP contribution in [0.2, 0.25) is 0 Å². The van der Waals surface area contributed by atoms with Crippen LogP contribution in [0.4, 0.5) is 0 Å². The molecule has 2 aliphatic rings. The third-order valence-corrected chi connectivity index (χ3v) is 5.95. The summed E-state index contributed by atoms with van der Waals surface area (Å²) in [5.41, 5.74) is 1.45. The van der Waals surface area contributed by atoms with Gasteiger partial charge in [0.05, 0.1) is 17.3 Å². The monoisotopic (exact) mass is 294 g/mol. The van der Waals surface area contributed by atoms with Crippen LogP contribution in [0.5, 0.6) is 0 Å². The molecule has 20 heavy (non-hydrogen) atoms. The normalized spacial score (nSPS) is 29.6. The first-order valence-electron chi connectivity index (χ1n) is 8.13. The van der Waals surface area contributed by atoms with Crippen LogP contribution in [0.1, 0.15) is 61.5 Å². The van der Waals surface area contributed by atoms with Gasteiger partial charge in [0.2, 0.25) is 0 Å². The van der Waals surface area contributed by atoms with Gasteiger partial charge in [-0.3, -0.25) is 0 Å². The van der Waals surface area contributed by atoms with E-state index in [1.165, 1.54) is 41.3 Å². The molecular formula is C16H26N2OS. The third kappa shape index (κ3) is 2.66. The number of fused-ring (bicyclic) bond motifs is 1. The van der Waals surface area contributed by atoms with Crippen molar-refractivity contribution in [3.63, 3.8) is 0 Å². The quantitative estimate of drug-likeness (QED) is 0.903. The van der Waals surface area contributed by atoms with Gasteiger partial charge < -0.3 is 10.1 Å². The van der Waals surface area contributed by atoms with Crippen molar-refractivity contribution in [2.45, 2.75) is 70.4 Å². The van der Waals surface area contributed by atoms with Crippen LogP contribution in [0.25, 0.3) is 0 Å². The molecular weight excluding hydrogens is 268 g/mol. The predicted octanol–water partition coefficient (Wildman–Crippen LogP) is 3.42. The van der Waals surface area contributed by atoms with Gasteiger partial charge in [-0.05, 0) is 45.1 Å². The fourth-order valence-corrected chi connectivity index (χ4v) is 4.97. The van der Waals surface area contributed by atoms with Gasteiger partial charge in [0.1, 0.15) is 5.01 Å². The molecule has 0 aromatic carbocycles. The van der Waals surface area contributed by atoms with Crippen molar-refractivity contribution >= 4 is 11.3 Å². The SMILES string of the molecule is CCCC1CC(NCC)(c2nc3c(s2)CCC3)CCO1. The molecule has 2 heterocycles. The van der Waals surface area contributed by atoms with E-state index in [0.717, 1.165) is 32.4 Å². The summed E-state index contributed by atoms with van der Waals surface area (Å²) < 4.78 is 5.96. The molecule has 1 N–H and O–H groups in total. The number of aromatic nitrogens is 1. The molecule has 1 aromatic rings. The van der Waals surface area contributed by atoms with Gasteiger partial charge in [-0.15, -0.1) is 11.3 Å². The second-order valence-electron chi connectivity index (χ2n) is 6.09. The zero-order valence-electron chi connectivity index (χ0n) is 12.7. The largest absolute Gasteiger partial charge is 0.378 e. The number of nitrogens with one attached hydrogen (secondary N) is 1. The van der Waals surface area contributed by atoms with Gasteiger partial charge in [0, 0.05) is 11.5 Å². The Morgan fingerprint density at radius 3 is 3.05 bits per heavy atom. The number of rotatable bonds is 5. The van der Waals surface area contributed by atoms with Crippen molar-refractivity contribution in [3.8, 4) is 0 Å². The van der Waals surface area contributed by atoms with E-state index in [9.17, 15) is 0 Å². The fourth-order valence-electron chi connectivity index (χ4n) is 3.62. The first-order valence-corrected chi connectivity index (χ1v) is 8.94.